The van der Waals surface area contributed by atoms with E-state index in [4.69, 9.17) is 71.1 Å². The highest BCUT2D eigenvalue weighted by Crippen LogP contribution is 2.60. The van der Waals surface area contributed by atoms with E-state index in [0.29, 0.717) is 0 Å². The summed E-state index contributed by atoms with van der Waals surface area (Å²) in [5.41, 5.74) is -1.44. The zero-order valence-electron chi connectivity index (χ0n) is 49.4. The Kier molecular flexibility index (Phi) is 20.2. The molecule has 7 rings (SSSR count). The fourth-order valence-electron chi connectivity index (χ4n) is 9.52. The molecule has 0 unspecified atom stereocenters. The summed E-state index contributed by atoms with van der Waals surface area (Å²) in [4.78, 5) is 169. The van der Waals surface area contributed by atoms with E-state index in [9.17, 15) is 62.3 Å². The van der Waals surface area contributed by atoms with Crippen LogP contribution < -0.4 is 61.6 Å². The lowest BCUT2D eigenvalue weighted by Gasteiger charge is -2.42. The third-order valence-electron chi connectivity index (χ3n) is 12.1. The zero-order chi connectivity index (χ0) is 65.5. The summed E-state index contributed by atoms with van der Waals surface area (Å²) >= 11 is 0. The lowest BCUT2D eigenvalue weighted by atomic mass is 9.77. The molecule has 466 valence electrons. The van der Waals surface area contributed by atoms with Crippen molar-refractivity contribution < 1.29 is 133 Å². The van der Waals surface area contributed by atoms with Crippen LogP contribution in [0.3, 0.4) is 0 Å². The summed E-state index contributed by atoms with van der Waals surface area (Å²) in [7, 11) is 0. The minimum Gasteiger partial charge on any atom is -0.481 e. The molecule has 28 heteroatoms. The number of rotatable bonds is 17. The maximum absolute atomic E-state index is 14.5. The van der Waals surface area contributed by atoms with Gasteiger partial charge < -0.3 is 71.1 Å². The number of hydrogen-bond donors (Lipinski definition) is 0. The van der Waals surface area contributed by atoms with Gasteiger partial charge in [-0.15, -0.1) is 0 Å². The molecule has 2 aliphatic heterocycles. The van der Waals surface area contributed by atoms with Gasteiger partial charge in [0.1, 0.15) is 46.4 Å². The Morgan fingerprint density at radius 1 is 0.360 bits per heavy atom. The average Bonchev–Trinajstić information content (AvgIpc) is 0.725. The second-order valence-electron chi connectivity index (χ2n) is 19.5. The number of hydrogen-bond acceptors (Lipinski definition) is 28. The molecule has 0 spiro atoms. The first-order chi connectivity index (χ1) is 41.8. The zero-order valence-corrected chi connectivity index (χ0v) is 49.4. The molecular weight excluding hydrogens is 1180 g/mol. The van der Waals surface area contributed by atoms with Crippen LogP contribution in [-0.2, 0) is 73.4 Å². The van der Waals surface area contributed by atoms with Gasteiger partial charge in [0, 0.05) is 136 Å². The first-order valence-corrected chi connectivity index (χ1v) is 26.4. The van der Waals surface area contributed by atoms with Gasteiger partial charge in [-0.2, -0.15) is 0 Å². The molecule has 0 bridgehead atoms. The molecule has 28 nitrogen and oxygen atoms in total. The van der Waals surface area contributed by atoms with Crippen LogP contribution >= 0.6 is 0 Å². The van der Waals surface area contributed by atoms with Crippen molar-refractivity contribution in [2.75, 3.05) is 0 Å². The minimum atomic E-state index is -1.96. The molecule has 0 radical (unpaired) electrons. The maximum Gasteiger partial charge on any atom is 0.338 e. The van der Waals surface area contributed by atoms with Gasteiger partial charge in [-0.1, -0.05) is 0 Å². The standard InChI is InChI=1S/C61H54O28/c1-25(62)75-40-15-13-37(14-16-40)61(74)88-51-23-42-43(77-27(3)64)24-46(79-29(5)66)53(57(42)89-55(51)38-17-47(80-30(6)67)58(84-34(10)71)48(18-38)81-31(7)68)54-52-44(78-28(4)65)21-41(76-26(2)63)22-45(52)87-56(60(54)86-36(12)73)39-19-49(82-32(8)69)59(85-35(11)72)50(20-39)83-33(9)70/h13-22,24,51,54-56,60H,23H2,1-12H3/t51-,54-,55-,56-,60-/m1/s1. The lowest BCUT2D eigenvalue weighted by Crippen LogP contribution is -2.40. The molecule has 0 aromatic heterocycles. The normalized spacial score (nSPS) is 16.0. The Morgan fingerprint density at radius 2 is 0.753 bits per heavy atom. The Morgan fingerprint density at radius 3 is 1.18 bits per heavy atom. The molecule has 0 saturated carbocycles. The lowest BCUT2D eigenvalue weighted by molar-refractivity contribution is -0.154. The van der Waals surface area contributed by atoms with Gasteiger partial charge in [0.2, 0.25) is 11.5 Å². The predicted octanol–water partition coefficient (Wildman–Crippen LogP) is 6.96. The molecule has 2 aliphatic rings. The van der Waals surface area contributed by atoms with Crippen LogP contribution in [0, 0.1) is 0 Å². The predicted molar refractivity (Wildman–Crippen MR) is 294 cm³/mol. The molecule has 5 aromatic carbocycles. The van der Waals surface area contributed by atoms with Crippen LogP contribution in [0.25, 0.3) is 0 Å². The highest BCUT2D eigenvalue weighted by molar-refractivity contribution is 5.90. The van der Waals surface area contributed by atoms with E-state index >= 15 is 0 Å². The molecule has 0 fully saturated rings. The largest absolute Gasteiger partial charge is 0.481 e. The van der Waals surface area contributed by atoms with Gasteiger partial charge in [-0.25, -0.2) is 4.79 Å². The van der Waals surface area contributed by atoms with Gasteiger partial charge in [-0.05, 0) is 48.5 Å². The van der Waals surface area contributed by atoms with E-state index < -0.39 is 172 Å². The number of esters is 13. The molecule has 5 aromatic rings. The summed E-state index contributed by atoms with van der Waals surface area (Å²) in [6.45, 7) is 12.1. The molecule has 0 N–H and O–H groups in total. The van der Waals surface area contributed by atoms with Crippen LogP contribution in [0.5, 0.6) is 74.7 Å². The first kappa shape index (κ1) is 65.4. The Hall–Kier alpha value is -11.2. The number of fused-ring (bicyclic) bond motifs is 2. The van der Waals surface area contributed by atoms with Crippen molar-refractivity contribution in [3.05, 3.63) is 100 Å². The van der Waals surface area contributed by atoms with Gasteiger partial charge in [-0.3, -0.25) is 57.5 Å². The van der Waals surface area contributed by atoms with Gasteiger partial charge >= 0.3 is 77.6 Å². The first-order valence-electron chi connectivity index (χ1n) is 26.4. The Labute approximate surface area is 504 Å². The van der Waals surface area contributed by atoms with Gasteiger partial charge in [0.15, 0.2) is 41.3 Å². The second kappa shape index (κ2) is 27.5. The van der Waals surface area contributed by atoms with Crippen molar-refractivity contribution in [2.24, 2.45) is 0 Å². The number of carbonyl (C=O) groups excluding carboxylic acids is 13. The van der Waals surface area contributed by atoms with E-state index in [1.165, 1.54) is 24.3 Å². The van der Waals surface area contributed by atoms with Gasteiger partial charge in [0.25, 0.3) is 0 Å². The van der Waals surface area contributed by atoms with Crippen molar-refractivity contribution in [3.63, 3.8) is 0 Å². The van der Waals surface area contributed by atoms with E-state index in [1.54, 1.807) is 0 Å². The molecule has 2 heterocycles. The highest BCUT2D eigenvalue weighted by atomic mass is 16.6. The molecule has 0 aliphatic carbocycles. The fourth-order valence-corrected chi connectivity index (χ4v) is 9.52. The van der Waals surface area contributed by atoms with E-state index in [0.717, 1.165) is 126 Å². The fraction of sp³-hybridized carbons (Fsp3) is 0.295. The number of benzene rings is 5. The van der Waals surface area contributed by atoms with Crippen LogP contribution in [0.1, 0.15) is 139 Å². The molecule has 0 amide bonds. The average molecular weight is 1240 g/mol. The van der Waals surface area contributed by atoms with Crippen molar-refractivity contribution in [1.82, 2.24) is 0 Å². The third kappa shape index (κ3) is 16.2. The summed E-state index contributed by atoms with van der Waals surface area (Å²) in [6.07, 6.45) is -7.89. The SMILES string of the molecule is CC(=O)Oc1ccc(C(=O)O[C@@H]2Cc3c(OC(C)=O)cc(OC(C)=O)c([C@H]4c5c(OC(C)=O)cc(OC(C)=O)cc5O[C@H](c5cc(OC(C)=O)c(OC(C)=O)c(OC(C)=O)c5)[C@@H]4OC(C)=O)c3O[C@@H]2c2cc(OC(C)=O)c(OC(C)=O)c(OC(C)=O)c2)cc1. The smallest absolute Gasteiger partial charge is 0.338 e. The van der Waals surface area contributed by atoms with E-state index in [2.05, 4.69) is 0 Å². The monoisotopic (exact) mass is 1230 g/mol. The van der Waals surface area contributed by atoms with Crippen molar-refractivity contribution >= 4 is 77.6 Å². The van der Waals surface area contributed by atoms with Crippen molar-refractivity contribution in [2.45, 2.75) is 120 Å². The van der Waals surface area contributed by atoms with Crippen LogP contribution in [0.4, 0.5) is 0 Å². The topological polar surface area (TPSA) is 360 Å². The van der Waals surface area contributed by atoms with E-state index in [1.807, 2.05) is 0 Å². The highest BCUT2D eigenvalue weighted by Gasteiger charge is 2.51. The maximum atomic E-state index is 14.5. The Bertz CT molecular complexity index is 3720. The number of ether oxygens (including phenoxy) is 15. The number of carbonyl (C=O) groups is 13. The van der Waals surface area contributed by atoms with Crippen molar-refractivity contribution in [1.29, 1.82) is 0 Å². The summed E-state index contributed by atoms with van der Waals surface area (Å²) in [5, 5.41) is 0. The van der Waals surface area contributed by atoms with Gasteiger partial charge in [0.05, 0.1) is 11.5 Å². The summed E-state index contributed by atoms with van der Waals surface area (Å²) in [6, 6.07) is 12.7. The molecule has 89 heavy (non-hydrogen) atoms. The van der Waals surface area contributed by atoms with Crippen LogP contribution in [0.15, 0.2) is 66.7 Å². The van der Waals surface area contributed by atoms with Crippen LogP contribution in [-0.4, -0.2) is 89.8 Å². The van der Waals surface area contributed by atoms with Crippen LogP contribution in [0.2, 0.25) is 0 Å². The third-order valence-corrected chi connectivity index (χ3v) is 12.1. The van der Waals surface area contributed by atoms with E-state index in [-0.39, 0.29) is 50.6 Å². The summed E-state index contributed by atoms with van der Waals surface area (Å²) < 4.78 is 87.2. The van der Waals surface area contributed by atoms with Crippen molar-refractivity contribution in [3.8, 4) is 74.7 Å². The molecule has 0 saturated heterocycles. The Balaban J connectivity index is 1.67. The second-order valence-corrected chi connectivity index (χ2v) is 19.5. The minimum absolute atomic E-state index is 0.0463. The quantitative estimate of drug-likeness (QED) is 0.0670. The molecular formula is C61H54O28. The summed E-state index contributed by atoms with van der Waals surface area (Å²) in [5.74, 6) is -20.6. The molecule has 5 atom stereocenters.